The molecule has 118 valence electrons. The Kier molecular flexibility index (Phi) is 8.42. The van der Waals surface area contributed by atoms with Crippen LogP contribution < -0.4 is 21.5 Å². The van der Waals surface area contributed by atoms with Gasteiger partial charge in [0.05, 0.1) is 6.04 Å². The molecule has 0 unspecified atom stereocenters. The van der Waals surface area contributed by atoms with Gasteiger partial charge in [0.15, 0.2) is 6.61 Å². The highest BCUT2D eigenvalue weighted by Gasteiger charge is 2.16. The molecule has 0 aliphatic heterocycles. The molecule has 0 radical (unpaired) electrons. The standard InChI is InChI=1S/C14H21N3O3.ClH/c1-9(2)13(16)14(19)17-7-10-4-3-5-11(6-10)20-8-12(15)18;/h3-6,9,13H,7-8,16H2,1-2H3,(H2,15,18)(H,17,19);1H/t13-;/m0./s1. The smallest absolute Gasteiger partial charge is 0.255 e. The van der Waals surface area contributed by atoms with Gasteiger partial charge in [0.2, 0.25) is 5.91 Å². The van der Waals surface area contributed by atoms with Gasteiger partial charge >= 0.3 is 0 Å². The quantitative estimate of drug-likeness (QED) is 0.683. The molecule has 0 bridgehead atoms. The minimum Gasteiger partial charge on any atom is -0.484 e. The molecule has 0 aliphatic rings. The molecule has 1 aromatic carbocycles. The van der Waals surface area contributed by atoms with Gasteiger partial charge in [0, 0.05) is 6.54 Å². The molecular formula is C14H22ClN3O3. The van der Waals surface area contributed by atoms with Crippen LogP contribution in [0.15, 0.2) is 24.3 Å². The van der Waals surface area contributed by atoms with Crippen LogP contribution in [0, 0.1) is 5.92 Å². The van der Waals surface area contributed by atoms with Crippen LogP contribution in [-0.4, -0.2) is 24.5 Å². The van der Waals surface area contributed by atoms with Crippen LogP contribution in [0.4, 0.5) is 0 Å². The van der Waals surface area contributed by atoms with E-state index in [2.05, 4.69) is 5.32 Å². The number of rotatable bonds is 7. The molecule has 0 saturated carbocycles. The molecular weight excluding hydrogens is 294 g/mol. The zero-order valence-corrected chi connectivity index (χ0v) is 13.0. The van der Waals surface area contributed by atoms with Gasteiger partial charge in [0.1, 0.15) is 5.75 Å². The Bertz CT molecular complexity index is 480. The first-order valence-electron chi connectivity index (χ1n) is 6.43. The van der Waals surface area contributed by atoms with Gasteiger partial charge in [-0.3, -0.25) is 9.59 Å². The van der Waals surface area contributed by atoms with Crippen molar-refractivity contribution in [2.75, 3.05) is 6.61 Å². The van der Waals surface area contributed by atoms with Crippen LogP contribution in [0.5, 0.6) is 5.75 Å². The Morgan fingerprint density at radius 1 is 1.33 bits per heavy atom. The summed E-state index contributed by atoms with van der Waals surface area (Å²) in [5.41, 5.74) is 11.6. The van der Waals surface area contributed by atoms with Crippen molar-refractivity contribution in [2.45, 2.75) is 26.4 Å². The van der Waals surface area contributed by atoms with Gasteiger partial charge in [-0.25, -0.2) is 0 Å². The fraction of sp³-hybridized carbons (Fsp3) is 0.429. The largest absolute Gasteiger partial charge is 0.484 e. The maximum absolute atomic E-state index is 11.7. The molecule has 0 fully saturated rings. The number of ether oxygens (including phenoxy) is 1. The zero-order chi connectivity index (χ0) is 15.1. The fourth-order valence-electron chi connectivity index (χ4n) is 1.51. The van der Waals surface area contributed by atoms with Crippen molar-refractivity contribution in [2.24, 2.45) is 17.4 Å². The number of primary amides is 1. The van der Waals surface area contributed by atoms with Crippen molar-refractivity contribution in [3.8, 4) is 5.75 Å². The highest BCUT2D eigenvalue weighted by Crippen LogP contribution is 2.13. The van der Waals surface area contributed by atoms with Gasteiger partial charge < -0.3 is 21.5 Å². The molecule has 0 aromatic heterocycles. The molecule has 21 heavy (non-hydrogen) atoms. The Hall–Kier alpha value is -1.79. The van der Waals surface area contributed by atoms with Crippen LogP contribution >= 0.6 is 12.4 Å². The Balaban J connectivity index is 0.00000400. The second-order valence-corrected chi connectivity index (χ2v) is 4.89. The molecule has 5 N–H and O–H groups in total. The van der Waals surface area contributed by atoms with Crippen molar-refractivity contribution in [1.29, 1.82) is 0 Å². The molecule has 1 atom stereocenters. The summed E-state index contributed by atoms with van der Waals surface area (Å²) in [5.74, 6) is -0.112. The predicted octanol–water partition coefficient (Wildman–Crippen LogP) is 0.572. The van der Waals surface area contributed by atoms with E-state index in [9.17, 15) is 9.59 Å². The molecule has 0 spiro atoms. The van der Waals surface area contributed by atoms with Gasteiger partial charge in [0.25, 0.3) is 5.91 Å². The van der Waals surface area contributed by atoms with Crippen molar-refractivity contribution in [3.05, 3.63) is 29.8 Å². The summed E-state index contributed by atoms with van der Waals surface area (Å²) in [6.07, 6.45) is 0. The fourth-order valence-corrected chi connectivity index (χ4v) is 1.51. The third-order valence-electron chi connectivity index (χ3n) is 2.77. The summed E-state index contributed by atoms with van der Waals surface area (Å²) in [6, 6.07) is 6.56. The molecule has 1 aromatic rings. The van der Waals surface area contributed by atoms with E-state index in [1.807, 2.05) is 19.9 Å². The summed E-state index contributed by atoms with van der Waals surface area (Å²) in [5, 5.41) is 2.76. The second-order valence-electron chi connectivity index (χ2n) is 4.89. The average Bonchev–Trinajstić information content (AvgIpc) is 2.42. The summed E-state index contributed by atoms with van der Waals surface area (Å²) in [6.45, 7) is 3.96. The van der Waals surface area contributed by atoms with E-state index < -0.39 is 11.9 Å². The van der Waals surface area contributed by atoms with Crippen LogP contribution in [0.1, 0.15) is 19.4 Å². The minimum absolute atomic E-state index is 0. The third-order valence-corrected chi connectivity index (χ3v) is 2.77. The van der Waals surface area contributed by atoms with E-state index in [-0.39, 0.29) is 30.8 Å². The first-order valence-corrected chi connectivity index (χ1v) is 6.43. The maximum atomic E-state index is 11.7. The first-order chi connectivity index (χ1) is 9.40. The number of carbonyl (C=O) groups is 2. The predicted molar refractivity (Wildman–Crippen MR) is 83.0 cm³/mol. The third kappa shape index (κ3) is 6.97. The monoisotopic (exact) mass is 315 g/mol. The summed E-state index contributed by atoms with van der Waals surface area (Å²) in [7, 11) is 0. The van der Waals surface area contributed by atoms with Crippen LogP contribution in [0.3, 0.4) is 0 Å². The number of hydrogen-bond acceptors (Lipinski definition) is 4. The topological polar surface area (TPSA) is 107 Å². The number of nitrogens with two attached hydrogens (primary N) is 2. The summed E-state index contributed by atoms with van der Waals surface area (Å²) < 4.78 is 5.19. The van der Waals surface area contributed by atoms with E-state index in [4.69, 9.17) is 16.2 Å². The Morgan fingerprint density at radius 3 is 2.57 bits per heavy atom. The minimum atomic E-state index is -0.536. The maximum Gasteiger partial charge on any atom is 0.255 e. The van der Waals surface area contributed by atoms with E-state index >= 15 is 0 Å². The Labute approximate surface area is 130 Å². The first kappa shape index (κ1) is 19.2. The Morgan fingerprint density at radius 2 is 2.00 bits per heavy atom. The van der Waals surface area contributed by atoms with Gasteiger partial charge in [-0.1, -0.05) is 26.0 Å². The molecule has 2 amide bonds. The lowest BCUT2D eigenvalue weighted by atomic mass is 10.0. The van der Waals surface area contributed by atoms with Crippen LogP contribution in [-0.2, 0) is 16.1 Å². The molecule has 0 heterocycles. The van der Waals surface area contributed by atoms with E-state index in [0.29, 0.717) is 12.3 Å². The summed E-state index contributed by atoms with van der Waals surface area (Å²) in [4.78, 5) is 22.4. The van der Waals surface area contributed by atoms with E-state index in [0.717, 1.165) is 5.56 Å². The second kappa shape index (κ2) is 9.20. The zero-order valence-electron chi connectivity index (χ0n) is 12.2. The van der Waals surface area contributed by atoms with E-state index in [1.54, 1.807) is 18.2 Å². The van der Waals surface area contributed by atoms with Crippen LogP contribution in [0.25, 0.3) is 0 Å². The van der Waals surface area contributed by atoms with Crippen molar-refractivity contribution in [3.63, 3.8) is 0 Å². The molecule has 7 heteroatoms. The lowest BCUT2D eigenvalue weighted by molar-refractivity contribution is -0.123. The van der Waals surface area contributed by atoms with Crippen LogP contribution in [0.2, 0.25) is 0 Å². The number of hydrogen-bond donors (Lipinski definition) is 3. The SMILES string of the molecule is CC(C)[C@H](N)C(=O)NCc1cccc(OCC(N)=O)c1.Cl. The number of benzene rings is 1. The van der Waals surface area contributed by atoms with Crippen molar-refractivity contribution < 1.29 is 14.3 Å². The van der Waals surface area contributed by atoms with Crippen molar-refractivity contribution >= 4 is 24.2 Å². The number of amides is 2. The van der Waals surface area contributed by atoms with E-state index in [1.165, 1.54) is 0 Å². The number of halogens is 1. The molecule has 6 nitrogen and oxygen atoms in total. The average molecular weight is 316 g/mol. The molecule has 1 rings (SSSR count). The lowest BCUT2D eigenvalue weighted by Gasteiger charge is -2.15. The summed E-state index contributed by atoms with van der Waals surface area (Å²) >= 11 is 0. The molecule has 0 saturated heterocycles. The van der Waals surface area contributed by atoms with Gasteiger partial charge in [-0.2, -0.15) is 0 Å². The lowest BCUT2D eigenvalue weighted by Crippen LogP contribution is -2.43. The van der Waals surface area contributed by atoms with Gasteiger partial charge in [-0.15, -0.1) is 12.4 Å². The number of nitrogens with one attached hydrogen (secondary N) is 1. The van der Waals surface area contributed by atoms with Crippen molar-refractivity contribution in [1.82, 2.24) is 5.32 Å². The normalized spacial score (nSPS) is 11.4. The molecule has 0 aliphatic carbocycles. The highest BCUT2D eigenvalue weighted by molar-refractivity contribution is 5.85. The highest BCUT2D eigenvalue weighted by atomic mass is 35.5. The van der Waals surface area contributed by atoms with Gasteiger partial charge in [-0.05, 0) is 23.6 Å². The number of carbonyl (C=O) groups excluding carboxylic acids is 2.